The van der Waals surface area contributed by atoms with Gasteiger partial charge in [-0.3, -0.25) is 0 Å². The van der Waals surface area contributed by atoms with Crippen LogP contribution < -0.4 is 0 Å². The molecule has 0 fully saturated rings. The predicted molar refractivity (Wildman–Crippen MR) is 80.5 cm³/mol. The Bertz CT molecular complexity index is 320. The topological polar surface area (TPSA) is 0 Å². The van der Waals surface area contributed by atoms with Gasteiger partial charge in [-0.1, -0.05) is 68.1 Å². The molecule has 0 bridgehead atoms. The van der Waals surface area contributed by atoms with Crippen molar-refractivity contribution in [2.24, 2.45) is 5.41 Å². The molecule has 0 nitrogen and oxygen atoms in total. The van der Waals surface area contributed by atoms with E-state index in [0.29, 0.717) is 0 Å². The number of rotatable bonds is 5. The lowest BCUT2D eigenvalue weighted by Gasteiger charge is -2.29. The first kappa shape index (κ1) is 14.8. The summed E-state index contributed by atoms with van der Waals surface area (Å²) in [5, 5.41) is 3.38. The molecule has 0 aliphatic heterocycles. The van der Waals surface area contributed by atoms with Gasteiger partial charge in [0, 0.05) is 20.7 Å². The fourth-order valence-electron chi connectivity index (χ4n) is 1.52. The molecule has 0 saturated carbocycles. The molecule has 0 spiro atoms. The number of hydrogen-bond acceptors (Lipinski definition) is 0. The molecule has 16 heavy (non-hydrogen) atoms. The lowest BCUT2D eigenvalue weighted by molar-refractivity contribution is 0.374. The van der Waals surface area contributed by atoms with Crippen LogP contribution in [0, 0.1) is 5.41 Å². The summed E-state index contributed by atoms with van der Waals surface area (Å²) in [5.41, 5.74) is 1.22. The van der Waals surface area contributed by atoms with Crippen molar-refractivity contribution in [3.8, 4) is 0 Å². The van der Waals surface area contributed by atoms with Gasteiger partial charge in [0.2, 0.25) is 0 Å². The van der Waals surface area contributed by atoms with Gasteiger partial charge in [0.1, 0.15) is 0 Å². The zero-order valence-corrected chi connectivity index (χ0v) is 13.8. The molecule has 0 atom stereocenters. The SMILES string of the molecule is CCC(CBr)(CBr)Cc1c(Cl)cccc1Cl. The molecule has 0 radical (unpaired) electrons. The normalized spacial score (nSPS) is 11.8. The first-order valence-corrected chi connectivity index (χ1v) is 8.13. The Hall–Kier alpha value is 0.760. The largest absolute Gasteiger partial charge is 0.0922 e. The monoisotopic (exact) mass is 386 g/mol. The third kappa shape index (κ3) is 3.38. The van der Waals surface area contributed by atoms with E-state index < -0.39 is 0 Å². The second-order valence-electron chi connectivity index (χ2n) is 4.00. The van der Waals surface area contributed by atoms with Crippen LogP contribution in [0.3, 0.4) is 0 Å². The highest BCUT2D eigenvalue weighted by Gasteiger charge is 2.27. The highest BCUT2D eigenvalue weighted by Crippen LogP contribution is 2.36. The summed E-state index contributed by atoms with van der Waals surface area (Å²) < 4.78 is 0. The first-order valence-electron chi connectivity index (χ1n) is 5.13. The molecular weight excluding hydrogens is 375 g/mol. The maximum absolute atomic E-state index is 6.19. The summed E-state index contributed by atoms with van der Waals surface area (Å²) in [6.45, 7) is 2.19. The summed E-state index contributed by atoms with van der Waals surface area (Å²) in [7, 11) is 0. The summed E-state index contributed by atoms with van der Waals surface area (Å²) in [6, 6.07) is 5.67. The highest BCUT2D eigenvalue weighted by molar-refractivity contribution is 9.09. The summed E-state index contributed by atoms with van der Waals surface area (Å²) in [5.74, 6) is 0. The second-order valence-corrected chi connectivity index (χ2v) is 5.93. The van der Waals surface area contributed by atoms with Gasteiger partial charge in [-0.15, -0.1) is 0 Å². The molecule has 1 rings (SSSR count). The average molecular weight is 389 g/mol. The Morgan fingerprint density at radius 1 is 1.12 bits per heavy atom. The summed E-state index contributed by atoms with van der Waals surface area (Å²) in [6.07, 6.45) is 1.96. The van der Waals surface area contributed by atoms with E-state index >= 15 is 0 Å². The van der Waals surface area contributed by atoms with Gasteiger partial charge in [-0.2, -0.15) is 0 Å². The van der Waals surface area contributed by atoms with Crippen molar-refractivity contribution in [3.63, 3.8) is 0 Å². The Labute approximate surface area is 124 Å². The van der Waals surface area contributed by atoms with Crippen molar-refractivity contribution >= 4 is 55.1 Å². The van der Waals surface area contributed by atoms with E-state index in [1.54, 1.807) is 0 Å². The van der Waals surface area contributed by atoms with Crippen LogP contribution in [0.1, 0.15) is 18.9 Å². The van der Waals surface area contributed by atoms with E-state index in [9.17, 15) is 0 Å². The van der Waals surface area contributed by atoms with Crippen molar-refractivity contribution in [2.45, 2.75) is 19.8 Å². The fourth-order valence-corrected chi connectivity index (χ4v) is 4.17. The zero-order chi connectivity index (χ0) is 12.2. The maximum Gasteiger partial charge on any atom is 0.0453 e. The molecule has 0 N–H and O–H groups in total. The second kappa shape index (κ2) is 6.63. The smallest absolute Gasteiger partial charge is 0.0453 e. The molecule has 1 aromatic rings. The van der Waals surface area contributed by atoms with Crippen molar-refractivity contribution in [1.82, 2.24) is 0 Å². The van der Waals surface area contributed by atoms with Crippen LogP contribution in [0.4, 0.5) is 0 Å². The van der Waals surface area contributed by atoms with Gasteiger partial charge >= 0.3 is 0 Å². The molecule has 90 valence electrons. The fraction of sp³-hybridized carbons (Fsp3) is 0.500. The van der Waals surface area contributed by atoms with Gasteiger partial charge in [0.05, 0.1) is 0 Å². The van der Waals surface area contributed by atoms with E-state index in [0.717, 1.165) is 39.1 Å². The van der Waals surface area contributed by atoms with E-state index in [1.165, 1.54) is 0 Å². The van der Waals surface area contributed by atoms with Gasteiger partial charge < -0.3 is 0 Å². The number of alkyl halides is 2. The van der Waals surface area contributed by atoms with Gasteiger partial charge in [-0.25, -0.2) is 0 Å². The van der Waals surface area contributed by atoms with Crippen molar-refractivity contribution in [2.75, 3.05) is 10.7 Å². The standard InChI is InChI=1S/C12H14Br2Cl2/c1-2-12(7-13,8-14)6-9-10(15)4-3-5-11(9)16/h3-5H,2,6-8H2,1H3. The Morgan fingerprint density at radius 2 is 1.62 bits per heavy atom. The molecule has 0 aliphatic rings. The van der Waals surface area contributed by atoms with E-state index in [4.69, 9.17) is 23.2 Å². The Morgan fingerprint density at radius 3 is 2.00 bits per heavy atom. The summed E-state index contributed by atoms with van der Waals surface area (Å²) >= 11 is 19.6. The highest BCUT2D eigenvalue weighted by atomic mass is 79.9. The van der Waals surface area contributed by atoms with Crippen molar-refractivity contribution in [3.05, 3.63) is 33.8 Å². The van der Waals surface area contributed by atoms with Crippen LogP contribution in [-0.4, -0.2) is 10.7 Å². The predicted octanol–water partition coefficient (Wildman–Crippen LogP) is 5.72. The molecule has 4 heteroatoms. The average Bonchev–Trinajstić information content (AvgIpc) is 2.30. The molecule has 0 aromatic heterocycles. The molecule has 0 heterocycles. The third-order valence-electron chi connectivity index (χ3n) is 2.93. The van der Waals surface area contributed by atoms with E-state index in [2.05, 4.69) is 38.8 Å². The Balaban J connectivity index is 3.02. The van der Waals surface area contributed by atoms with Gasteiger partial charge in [0.15, 0.2) is 0 Å². The number of benzene rings is 1. The van der Waals surface area contributed by atoms with Crippen LogP contribution >= 0.6 is 55.1 Å². The van der Waals surface area contributed by atoms with Crippen molar-refractivity contribution < 1.29 is 0 Å². The Kier molecular flexibility index (Phi) is 6.14. The number of hydrogen-bond donors (Lipinski definition) is 0. The molecule has 0 saturated heterocycles. The molecule has 1 aromatic carbocycles. The first-order chi connectivity index (χ1) is 7.58. The quantitative estimate of drug-likeness (QED) is 0.565. The van der Waals surface area contributed by atoms with Crippen LogP contribution in [0.15, 0.2) is 18.2 Å². The van der Waals surface area contributed by atoms with E-state index in [1.807, 2.05) is 18.2 Å². The van der Waals surface area contributed by atoms with Crippen LogP contribution in [0.25, 0.3) is 0 Å². The lowest BCUT2D eigenvalue weighted by atomic mass is 9.83. The molecule has 0 aliphatic carbocycles. The zero-order valence-electron chi connectivity index (χ0n) is 9.07. The van der Waals surface area contributed by atoms with Crippen LogP contribution in [0.5, 0.6) is 0 Å². The lowest BCUT2D eigenvalue weighted by Crippen LogP contribution is -2.27. The van der Waals surface area contributed by atoms with Gasteiger partial charge in [-0.05, 0) is 36.0 Å². The minimum atomic E-state index is 0.175. The van der Waals surface area contributed by atoms with Crippen LogP contribution in [0.2, 0.25) is 10.0 Å². The maximum atomic E-state index is 6.19. The minimum absolute atomic E-state index is 0.175. The minimum Gasteiger partial charge on any atom is -0.0922 e. The third-order valence-corrected chi connectivity index (χ3v) is 6.02. The summed E-state index contributed by atoms with van der Waals surface area (Å²) in [4.78, 5) is 0. The molecule has 0 amide bonds. The van der Waals surface area contributed by atoms with Crippen LogP contribution in [-0.2, 0) is 6.42 Å². The van der Waals surface area contributed by atoms with Gasteiger partial charge in [0.25, 0.3) is 0 Å². The molecule has 0 unspecified atom stereocenters. The van der Waals surface area contributed by atoms with Crippen molar-refractivity contribution in [1.29, 1.82) is 0 Å². The van der Waals surface area contributed by atoms with E-state index in [-0.39, 0.29) is 5.41 Å². The number of halogens is 4. The molecular formula is C12H14Br2Cl2.